The van der Waals surface area contributed by atoms with E-state index in [4.69, 9.17) is 0 Å². The molecule has 2 heteroatoms. The zero-order chi connectivity index (χ0) is 13.0. The summed E-state index contributed by atoms with van der Waals surface area (Å²) in [4.78, 5) is 0. The zero-order valence-electron chi connectivity index (χ0n) is 11.5. The molecule has 3 atom stereocenters. The molecule has 2 N–H and O–H groups in total. The van der Waals surface area contributed by atoms with Gasteiger partial charge in [0.05, 0.1) is 0 Å². The predicted octanol–water partition coefficient (Wildman–Crippen LogP) is 4.02. The van der Waals surface area contributed by atoms with Gasteiger partial charge in [0.2, 0.25) is 0 Å². The Labute approximate surface area is 109 Å². The van der Waals surface area contributed by atoms with Crippen molar-refractivity contribution in [2.75, 3.05) is 5.32 Å². The minimum atomic E-state index is 0.339. The summed E-state index contributed by atoms with van der Waals surface area (Å²) in [6.07, 6.45) is 4.05. The highest BCUT2D eigenvalue weighted by Crippen LogP contribution is 2.63. The van der Waals surface area contributed by atoms with Crippen LogP contribution in [0.1, 0.15) is 40.0 Å². The first-order valence-electron chi connectivity index (χ1n) is 6.97. The van der Waals surface area contributed by atoms with Crippen molar-refractivity contribution in [2.24, 2.45) is 16.7 Å². The first-order chi connectivity index (χ1) is 8.42. The van der Waals surface area contributed by atoms with Gasteiger partial charge in [-0.05, 0) is 48.1 Å². The highest BCUT2D eigenvalue weighted by molar-refractivity contribution is 5.49. The molecule has 0 aliphatic heterocycles. The van der Waals surface area contributed by atoms with E-state index in [-0.39, 0.29) is 0 Å². The van der Waals surface area contributed by atoms with Crippen LogP contribution in [0.5, 0.6) is 5.75 Å². The fourth-order valence-corrected chi connectivity index (χ4v) is 4.42. The standard InChI is InChI=1S/C16H23NO/c1-15(2)11-7-8-16(3,10-11)14(15)17-12-5-4-6-13(18)9-12/h4-6,9,11,14,17-18H,7-8,10H2,1-3H3/t11-,14?,16+/m0/s1. The van der Waals surface area contributed by atoms with E-state index in [2.05, 4.69) is 26.1 Å². The molecule has 0 spiro atoms. The Hall–Kier alpha value is -1.18. The predicted molar refractivity (Wildman–Crippen MR) is 74.7 cm³/mol. The molecule has 2 nitrogen and oxygen atoms in total. The number of phenolic OH excluding ortho intramolecular Hbond substituents is 1. The van der Waals surface area contributed by atoms with Gasteiger partial charge in [-0.1, -0.05) is 26.8 Å². The lowest BCUT2D eigenvalue weighted by atomic mass is 9.68. The molecule has 0 amide bonds. The number of benzene rings is 1. The Bertz CT molecular complexity index is 463. The third kappa shape index (κ3) is 1.62. The van der Waals surface area contributed by atoms with Gasteiger partial charge in [0.25, 0.3) is 0 Å². The Kier molecular flexibility index (Phi) is 2.42. The van der Waals surface area contributed by atoms with Crippen LogP contribution in [0.15, 0.2) is 24.3 Å². The Morgan fingerprint density at radius 1 is 1.28 bits per heavy atom. The Morgan fingerprint density at radius 2 is 2.06 bits per heavy atom. The second kappa shape index (κ2) is 3.66. The number of rotatable bonds is 2. The van der Waals surface area contributed by atoms with Gasteiger partial charge in [-0.15, -0.1) is 0 Å². The zero-order valence-corrected chi connectivity index (χ0v) is 11.5. The van der Waals surface area contributed by atoms with Crippen LogP contribution in [-0.2, 0) is 0 Å². The number of fused-ring (bicyclic) bond motifs is 2. The van der Waals surface area contributed by atoms with Gasteiger partial charge in [-0.3, -0.25) is 0 Å². The second-order valence-corrected chi connectivity index (χ2v) is 7.04. The van der Waals surface area contributed by atoms with Gasteiger partial charge < -0.3 is 10.4 Å². The lowest BCUT2D eigenvalue weighted by molar-refractivity contribution is 0.155. The fourth-order valence-electron chi connectivity index (χ4n) is 4.42. The molecule has 98 valence electrons. The van der Waals surface area contributed by atoms with E-state index in [9.17, 15) is 5.11 Å². The van der Waals surface area contributed by atoms with Crippen molar-refractivity contribution in [3.8, 4) is 5.75 Å². The maximum Gasteiger partial charge on any atom is 0.117 e. The number of hydrogen-bond acceptors (Lipinski definition) is 2. The van der Waals surface area contributed by atoms with Crippen molar-refractivity contribution >= 4 is 5.69 Å². The molecule has 2 bridgehead atoms. The van der Waals surface area contributed by atoms with Crippen LogP contribution in [0, 0.1) is 16.7 Å². The van der Waals surface area contributed by atoms with Crippen LogP contribution >= 0.6 is 0 Å². The van der Waals surface area contributed by atoms with Crippen LogP contribution in [0.3, 0.4) is 0 Å². The molecule has 0 saturated heterocycles. The first-order valence-corrected chi connectivity index (χ1v) is 6.97. The van der Waals surface area contributed by atoms with Crippen molar-refractivity contribution in [1.82, 2.24) is 0 Å². The summed E-state index contributed by atoms with van der Waals surface area (Å²) in [5, 5.41) is 13.3. The molecule has 3 rings (SSSR count). The van der Waals surface area contributed by atoms with Gasteiger partial charge >= 0.3 is 0 Å². The topological polar surface area (TPSA) is 32.3 Å². The third-order valence-electron chi connectivity index (χ3n) is 5.43. The summed E-state index contributed by atoms with van der Waals surface area (Å²) in [5.74, 6) is 1.18. The van der Waals surface area contributed by atoms with E-state index < -0.39 is 0 Å². The van der Waals surface area contributed by atoms with Crippen molar-refractivity contribution in [1.29, 1.82) is 0 Å². The summed E-state index contributed by atoms with van der Waals surface area (Å²) < 4.78 is 0. The summed E-state index contributed by atoms with van der Waals surface area (Å²) in [6, 6.07) is 8.00. The third-order valence-corrected chi connectivity index (χ3v) is 5.43. The van der Waals surface area contributed by atoms with Crippen LogP contribution in [0.2, 0.25) is 0 Å². The maximum atomic E-state index is 9.57. The van der Waals surface area contributed by atoms with Crippen molar-refractivity contribution in [3.63, 3.8) is 0 Å². The average Bonchev–Trinajstić information content (AvgIpc) is 2.76. The van der Waals surface area contributed by atoms with Gasteiger partial charge in [0.1, 0.15) is 5.75 Å². The van der Waals surface area contributed by atoms with Crippen LogP contribution in [0.4, 0.5) is 5.69 Å². The largest absolute Gasteiger partial charge is 0.508 e. The van der Waals surface area contributed by atoms with E-state index in [1.54, 1.807) is 6.07 Å². The smallest absolute Gasteiger partial charge is 0.117 e. The van der Waals surface area contributed by atoms with Crippen molar-refractivity contribution < 1.29 is 5.11 Å². The maximum absolute atomic E-state index is 9.57. The molecular weight excluding hydrogens is 222 g/mol. The Balaban J connectivity index is 1.88. The summed E-state index contributed by atoms with van der Waals surface area (Å²) in [5.41, 5.74) is 1.81. The second-order valence-electron chi connectivity index (χ2n) is 7.04. The van der Waals surface area contributed by atoms with Gasteiger partial charge in [0, 0.05) is 17.8 Å². The Morgan fingerprint density at radius 3 is 2.67 bits per heavy atom. The molecule has 0 heterocycles. The molecule has 0 radical (unpaired) electrons. The molecule has 2 aliphatic carbocycles. The monoisotopic (exact) mass is 245 g/mol. The fraction of sp³-hybridized carbons (Fsp3) is 0.625. The number of hydrogen-bond donors (Lipinski definition) is 2. The van der Waals surface area contributed by atoms with Gasteiger partial charge in [-0.2, -0.15) is 0 Å². The van der Waals surface area contributed by atoms with Crippen LogP contribution < -0.4 is 5.32 Å². The summed E-state index contributed by atoms with van der Waals surface area (Å²) in [6.45, 7) is 7.20. The van der Waals surface area contributed by atoms with Crippen LogP contribution in [-0.4, -0.2) is 11.1 Å². The molecule has 2 aliphatic rings. The molecular formula is C16H23NO. The number of anilines is 1. The van der Waals surface area contributed by atoms with Crippen LogP contribution in [0.25, 0.3) is 0 Å². The van der Waals surface area contributed by atoms with E-state index in [0.29, 0.717) is 22.6 Å². The number of aromatic hydroxyl groups is 1. The normalized spacial score (nSPS) is 36.8. The lowest BCUT2D eigenvalue weighted by Crippen LogP contribution is -2.45. The number of nitrogens with one attached hydrogen (secondary N) is 1. The van der Waals surface area contributed by atoms with Crippen molar-refractivity contribution in [2.45, 2.75) is 46.1 Å². The molecule has 2 fully saturated rings. The van der Waals surface area contributed by atoms with E-state index in [0.717, 1.165) is 11.6 Å². The highest BCUT2D eigenvalue weighted by atomic mass is 16.3. The first kappa shape index (κ1) is 11.9. The molecule has 0 aromatic heterocycles. The molecule has 18 heavy (non-hydrogen) atoms. The van der Waals surface area contributed by atoms with Gasteiger partial charge in [0.15, 0.2) is 0 Å². The number of phenols is 1. The molecule has 2 saturated carbocycles. The molecule has 1 aromatic carbocycles. The lowest BCUT2D eigenvalue weighted by Gasteiger charge is -2.43. The average molecular weight is 245 g/mol. The summed E-state index contributed by atoms with van der Waals surface area (Å²) >= 11 is 0. The minimum absolute atomic E-state index is 0.339. The molecule has 1 aromatic rings. The SMILES string of the molecule is CC1(C)C(Nc2cccc(O)c2)[C@]2(C)CC[C@H]1C2. The van der Waals surface area contributed by atoms with Gasteiger partial charge in [-0.25, -0.2) is 0 Å². The minimum Gasteiger partial charge on any atom is -0.508 e. The van der Waals surface area contributed by atoms with E-state index in [1.165, 1.54) is 19.3 Å². The van der Waals surface area contributed by atoms with E-state index in [1.807, 2.05) is 18.2 Å². The quantitative estimate of drug-likeness (QED) is 0.825. The van der Waals surface area contributed by atoms with Crippen molar-refractivity contribution in [3.05, 3.63) is 24.3 Å². The molecule has 1 unspecified atom stereocenters. The highest BCUT2D eigenvalue weighted by Gasteiger charge is 2.59. The van der Waals surface area contributed by atoms with E-state index >= 15 is 0 Å². The summed E-state index contributed by atoms with van der Waals surface area (Å²) in [7, 11) is 0.